The van der Waals surface area contributed by atoms with E-state index >= 15 is 0 Å². The maximum absolute atomic E-state index is 13.6. The lowest BCUT2D eigenvalue weighted by atomic mass is 10.1. The van der Waals surface area contributed by atoms with Crippen molar-refractivity contribution in [1.82, 2.24) is 25.2 Å². The Labute approximate surface area is 216 Å². The van der Waals surface area contributed by atoms with Gasteiger partial charge in [0.15, 0.2) is 5.69 Å². The van der Waals surface area contributed by atoms with E-state index < -0.39 is 11.9 Å². The molecule has 9 nitrogen and oxygen atoms in total. The average molecular weight is 521 g/mol. The average Bonchev–Trinajstić information content (AvgIpc) is 3.57. The molecule has 2 atom stereocenters. The summed E-state index contributed by atoms with van der Waals surface area (Å²) < 4.78 is 19.6. The summed E-state index contributed by atoms with van der Waals surface area (Å²) in [6.07, 6.45) is 2.80. The molecule has 11 heteroatoms. The van der Waals surface area contributed by atoms with Crippen molar-refractivity contribution in [2.45, 2.75) is 32.0 Å². The molecule has 190 valence electrons. The molecule has 0 spiro atoms. The van der Waals surface area contributed by atoms with Crippen LogP contribution in [0.1, 0.15) is 41.0 Å². The Kier molecular flexibility index (Phi) is 7.22. The van der Waals surface area contributed by atoms with E-state index in [-0.39, 0.29) is 30.5 Å². The largest absolute Gasteiger partial charge is 0.445 e. The smallest absolute Gasteiger partial charge is 0.407 e. The summed E-state index contributed by atoms with van der Waals surface area (Å²) in [7, 11) is 0. The number of hydrogen-bond donors (Lipinski definition) is 2. The molecule has 4 heterocycles. The highest BCUT2D eigenvalue weighted by molar-refractivity contribution is 7.17. The van der Waals surface area contributed by atoms with Crippen LogP contribution in [-0.2, 0) is 11.3 Å². The monoisotopic (exact) mass is 520 g/mol. The number of pyridine rings is 1. The molecule has 0 unspecified atom stereocenters. The summed E-state index contributed by atoms with van der Waals surface area (Å²) in [4.78, 5) is 40.3. The minimum Gasteiger partial charge on any atom is -0.445 e. The molecule has 1 aliphatic rings. The molecular formula is C26H25FN6O3S. The number of thiophene rings is 1. The Bertz CT molecular complexity index is 1420. The summed E-state index contributed by atoms with van der Waals surface area (Å²) in [6, 6.07) is 12.1. The van der Waals surface area contributed by atoms with Crippen molar-refractivity contribution >= 4 is 39.5 Å². The Hall–Kier alpha value is -4.12. The van der Waals surface area contributed by atoms with Crippen LogP contribution in [0.5, 0.6) is 0 Å². The fourth-order valence-electron chi connectivity index (χ4n) is 4.16. The lowest BCUT2D eigenvalue weighted by Crippen LogP contribution is -2.39. The molecule has 0 bridgehead atoms. The van der Waals surface area contributed by atoms with Gasteiger partial charge in [0.2, 0.25) is 5.95 Å². The molecule has 4 aromatic rings. The fraction of sp³-hybridized carbons (Fsp3) is 0.269. The minimum absolute atomic E-state index is 0.180. The van der Waals surface area contributed by atoms with Gasteiger partial charge in [-0.15, -0.1) is 11.3 Å². The first-order valence-corrected chi connectivity index (χ1v) is 12.7. The predicted molar refractivity (Wildman–Crippen MR) is 138 cm³/mol. The van der Waals surface area contributed by atoms with Crippen molar-refractivity contribution in [3.05, 3.63) is 82.9 Å². The molecule has 2 N–H and O–H groups in total. The van der Waals surface area contributed by atoms with E-state index in [1.807, 2.05) is 48.7 Å². The van der Waals surface area contributed by atoms with Crippen LogP contribution >= 0.6 is 11.3 Å². The van der Waals surface area contributed by atoms with Crippen LogP contribution in [0, 0.1) is 5.82 Å². The zero-order valence-corrected chi connectivity index (χ0v) is 20.9. The number of carbonyl (C=O) groups excluding carboxylic acids is 2. The first-order chi connectivity index (χ1) is 18.0. The van der Waals surface area contributed by atoms with Crippen LogP contribution in [0.25, 0.3) is 10.2 Å². The molecule has 1 fully saturated rings. The van der Waals surface area contributed by atoms with Gasteiger partial charge in [-0.3, -0.25) is 9.78 Å². The standard InChI is InChI=1S/C26H25FN6O3S/c1-16(18-11-19(27)13-28-12-18)29-25-31-21-8-10-37-23(21)22(32-25)24(34)33-9-7-20(14-33)30-26(35)36-15-17-5-3-2-4-6-17/h2-6,8,10-13,16,20H,7,9,14-15H2,1H3,(H,30,35)(H,29,31,32)/t16-,20-/m0/s1. The van der Waals surface area contributed by atoms with Gasteiger partial charge >= 0.3 is 6.09 Å². The lowest BCUT2D eigenvalue weighted by molar-refractivity contribution is 0.0783. The number of nitrogens with zero attached hydrogens (tertiary/aromatic N) is 4. The summed E-state index contributed by atoms with van der Waals surface area (Å²) in [5.41, 5.74) is 2.47. The van der Waals surface area contributed by atoms with Gasteiger partial charge in [-0.05, 0) is 42.0 Å². The molecule has 0 aliphatic carbocycles. The molecule has 1 saturated heterocycles. The SMILES string of the molecule is C[C@H](Nc1nc(C(=O)N2CC[C@H](NC(=O)OCc3ccccc3)C2)c2sccc2n1)c1cncc(F)c1. The number of anilines is 1. The van der Waals surface area contributed by atoms with Crippen LogP contribution in [-0.4, -0.2) is 51.0 Å². The number of hydrogen-bond acceptors (Lipinski definition) is 8. The zero-order valence-electron chi connectivity index (χ0n) is 20.1. The van der Waals surface area contributed by atoms with Crippen LogP contribution in [0.2, 0.25) is 0 Å². The molecule has 1 aliphatic heterocycles. The maximum atomic E-state index is 13.6. The number of ether oxygens (including phenoxy) is 1. The first kappa shape index (κ1) is 24.6. The Morgan fingerprint density at radius 2 is 2.05 bits per heavy atom. The number of halogens is 1. The number of rotatable bonds is 7. The van der Waals surface area contributed by atoms with E-state index in [9.17, 15) is 14.0 Å². The number of aromatic nitrogens is 3. The van der Waals surface area contributed by atoms with Crippen LogP contribution in [0.4, 0.5) is 15.1 Å². The summed E-state index contributed by atoms with van der Waals surface area (Å²) in [5, 5.41) is 7.85. The summed E-state index contributed by atoms with van der Waals surface area (Å²) >= 11 is 1.39. The van der Waals surface area contributed by atoms with Gasteiger partial charge in [-0.2, -0.15) is 0 Å². The molecule has 1 aromatic carbocycles. The number of benzene rings is 1. The highest BCUT2D eigenvalue weighted by Crippen LogP contribution is 2.27. The van der Waals surface area contributed by atoms with Gasteiger partial charge in [-0.25, -0.2) is 19.2 Å². The van der Waals surface area contributed by atoms with Gasteiger partial charge in [0.05, 0.1) is 28.5 Å². The van der Waals surface area contributed by atoms with Gasteiger partial charge in [0.25, 0.3) is 5.91 Å². The van der Waals surface area contributed by atoms with E-state index in [1.165, 1.54) is 17.4 Å². The van der Waals surface area contributed by atoms with Crippen molar-refractivity contribution < 1.29 is 18.7 Å². The van der Waals surface area contributed by atoms with Crippen molar-refractivity contribution in [3.8, 4) is 0 Å². The fourth-order valence-corrected chi connectivity index (χ4v) is 4.97. The number of carbonyl (C=O) groups is 2. The number of fused-ring (bicyclic) bond motifs is 1. The number of alkyl carbamates (subject to hydrolysis) is 1. The first-order valence-electron chi connectivity index (χ1n) is 11.8. The van der Waals surface area contributed by atoms with Gasteiger partial charge in [0, 0.05) is 19.3 Å². The zero-order chi connectivity index (χ0) is 25.8. The number of amides is 2. The second kappa shape index (κ2) is 10.9. The van der Waals surface area contributed by atoms with E-state index in [0.717, 1.165) is 11.8 Å². The van der Waals surface area contributed by atoms with Gasteiger partial charge in [-0.1, -0.05) is 30.3 Å². The molecule has 37 heavy (non-hydrogen) atoms. The second-order valence-electron chi connectivity index (χ2n) is 8.78. The molecule has 2 amide bonds. The third kappa shape index (κ3) is 5.83. The van der Waals surface area contributed by atoms with Crippen molar-refractivity contribution in [1.29, 1.82) is 0 Å². The summed E-state index contributed by atoms with van der Waals surface area (Å²) in [6.45, 7) is 2.85. The van der Waals surface area contributed by atoms with Crippen molar-refractivity contribution in [2.75, 3.05) is 18.4 Å². The van der Waals surface area contributed by atoms with E-state index in [4.69, 9.17) is 4.74 Å². The minimum atomic E-state index is -0.516. The van der Waals surface area contributed by atoms with Crippen LogP contribution < -0.4 is 10.6 Å². The molecule has 3 aromatic heterocycles. The normalized spacial score (nSPS) is 15.9. The number of likely N-dealkylation sites (tertiary alicyclic amines) is 1. The topological polar surface area (TPSA) is 109 Å². The molecule has 5 rings (SSSR count). The van der Waals surface area contributed by atoms with Gasteiger partial charge in [0.1, 0.15) is 12.4 Å². The molecule has 0 radical (unpaired) electrons. The maximum Gasteiger partial charge on any atom is 0.407 e. The van der Waals surface area contributed by atoms with Gasteiger partial charge < -0.3 is 20.3 Å². The van der Waals surface area contributed by atoms with E-state index in [2.05, 4.69) is 25.6 Å². The highest BCUT2D eigenvalue weighted by atomic mass is 32.1. The van der Waals surface area contributed by atoms with E-state index in [1.54, 1.807) is 11.1 Å². The lowest BCUT2D eigenvalue weighted by Gasteiger charge is -2.18. The third-order valence-electron chi connectivity index (χ3n) is 6.09. The molecular weight excluding hydrogens is 495 g/mol. The second-order valence-corrected chi connectivity index (χ2v) is 9.69. The Morgan fingerprint density at radius 3 is 2.86 bits per heavy atom. The summed E-state index contributed by atoms with van der Waals surface area (Å²) in [5.74, 6) is -0.401. The third-order valence-corrected chi connectivity index (χ3v) is 7.00. The highest BCUT2D eigenvalue weighted by Gasteiger charge is 2.30. The van der Waals surface area contributed by atoms with Crippen molar-refractivity contribution in [2.24, 2.45) is 0 Å². The molecule has 0 saturated carbocycles. The quantitative estimate of drug-likeness (QED) is 0.368. The Morgan fingerprint density at radius 1 is 1.22 bits per heavy atom. The van der Waals surface area contributed by atoms with Crippen LogP contribution in [0.15, 0.2) is 60.2 Å². The number of nitrogens with one attached hydrogen (secondary N) is 2. The predicted octanol–water partition coefficient (Wildman–Crippen LogP) is 4.54. The van der Waals surface area contributed by atoms with Crippen molar-refractivity contribution in [3.63, 3.8) is 0 Å². The Balaban J connectivity index is 1.24. The van der Waals surface area contributed by atoms with E-state index in [0.29, 0.717) is 41.0 Å². The van der Waals surface area contributed by atoms with Crippen LogP contribution in [0.3, 0.4) is 0 Å².